The van der Waals surface area contributed by atoms with E-state index in [0.717, 1.165) is 24.7 Å². The largest absolute Gasteiger partial charge is 0.313 e. The molecular weight excluding hydrogens is 246 g/mol. The molecule has 1 fully saturated rings. The maximum absolute atomic E-state index is 8.75. The number of likely N-dealkylation sites (tertiary alicyclic amines) is 1. The van der Waals surface area contributed by atoms with Crippen molar-refractivity contribution in [3.8, 4) is 6.07 Å². The van der Waals surface area contributed by atoms with Crippen molar-refractivity contribution >= 4 is 0 Å². The second-order valence-corrected chi connectivity index (χ2v) is 5.72. The van der Waals surface area contributed by atoms with Gasteiger partial charge >= 0.3 is 0 Å². The van der Waals surface area contributed by atoms with Crippen LogP contribution in [0, 0.1) is 11.3 Å². The molecule has 1 saturated heterocycles. The van der Waals surface area contributed by atoms with E-state index in [1.807, 2.05) is 24.3 Å². The summed E-state index contributed by atoms with van der Waals surface area (Å²) in [6.45, 7) is 6.78. The highest BCUT2D eigenvalue weighted by Gasteiger charge is 2.16. The molecule has 0 aromatic heterocycles. The van der Waals surface area contributed by atoms with E-state index >= 15 is 0 Å². The lowest BCUT2D eigenvalue weighted by Crippen LogP contribution is -2.38. The fraction of sp³-hybridized carbons (Fsp3) is 0.588. The van der Waals surface area contributed by atoms with Crippen molar-refractivity contribution in [3.05, 3.63) is 35.4 Å². The molecule has 1 aromatic carbocycles. The van der Waals surface area contributed by atoms with Gasteiger partial charge in [-0.3, -0.25) is 0 Å². The zero-order chi connectivity index (χ0) is 14.2. The molecule has 0 saturated carbocycles. The Labute approximate surface area is 122 Å². The summed E-state index contributed by atoms with van der Waals surface area (Å²) in [6.07, 6.45) is 5.33. The molecule has 0 aliphatic carbocycles. The predicted molar refractivity (Wildman–Crippen MR) is 82.4 cm³/mol. The number of benzene rings is 1. The van der Waals surface area contributed by atoms with Crippen LogP contribution >= 0.6 is 0 Å². The molecule has 1 heterocycles. The summed E-state index contributed by atoms with van der Waals surface area (Å²) in [5, 5.41) is 12.2. The van der Waals surface area contributed by atoms with Crippen LogP contribution in [0.15, 0.2) is 24.3 Å². The lowest BCUT2D eigenvalue weighted by Gasteiger charge is -2.33. The number of hydrogen-bond donors (Lipinski definition) is 1. The first-order valence-corrected chi connectivity index (χ1v) is 7.73. The number of nitrogens with zero attached hydrogens (tertiary/aromatic N) is 2. The van der Waals surface area contributed by atoms with Gasteiger partial charge in [-0.1, -0.05) is 18.6 Å². The van der Waals surface area contributed by atoms with Gasteiger partial charge in [0.05, 0.1) is 11.6 Å². The number of nitriles is 1. The lowest BCUT2D eigenvalue weighted by atomic mass is 10.0. The van der Waals surface area contributed by atoms with Crippen molar-refractivity contribution in [1.82, 2.24) is 10.2 Å². The first-order chi connectivity index (χ1) is 9.79. The highest BCUT2D eigenvalue weighted by molar-refractivity contribution is 5.31. The molecule has 0 spiro atoms. The number of hydrogen-bond acceptors (Lipinski definition) is 3. The van der Waals surface area contributed by atoms with Gasteiger partial charge in [-0.2, -0.15) is 5.26 Å². The molecule has 108 valence electrons. The molecule has 1 aliphatic rings. The number of nitrogens with one attached hydrogen (secondary N) is 1. The smallest absolute Gasteiger partial charge is 0.0991 e. The Kier molecular flexibility index (Phi) is 6.04. The maximum Gasteiger partial charge on any atom is 0.0991 e. The van der Waals surface area contributed by atoms with Crippen molar-refractivity contribution in [2.45, 2.75) is 45.2 Å². The molecule has 0 radical (unpaired) electrons. The molecular formula is C17H25N3. The van der Waals surface area contributed by atoms with E-state index in [-0.39, 0.29) is 0 Å². The van der Waals surface area contributed by atoms with E-state index in [2.05, 4.69) is 23.2 Å². The molecule has 1 aromatic rings. The van der Waals surface area contributed by atoms with Crippen LogP contribution in [0.5, 0.6) is 0 Å². The minimum Gasteiger partial charge on any atom is -0.313 e. The van der Waals surface area contributed by atoms with Gasteiger partial charge in [0.15, 0.2) is 0 Å². The normalized spacial score (nSPS) is 19.7. The second-order valence-electron chi connectivity index (χ2n) is 5.72. The number of rotatable bonds is 6. The van der Waals surface area contributed by atoms with Gasteiger partial charge < -0.3 is 10.2 Å². The zero-order valence-corrected chi connectivity index (χ0v) is 12.4. The van der Waals surface area contributed by atoms with Crippen LogP contribution in [0.25, 0.3) is 0 Å². The third-order valence-corrected chi connectivity index (χ3v) is 4.15. The van der Waals surface area contributed by atoms with Crippen LogP contribution in [0.4, 0.5) is 0 Å². The molecule has 2 rings (SSSR count). The summed E-state index contributed by atoms with van der Waals surface area (Å²) in [5.41, 5.74) is 1.98. The van der Waals surface area contributed by atoms with Crippen LogP contribution in [0.2, 0.25) is 0 Å². The highest BCUT2D eigenvalue weighted by Crippen LogP contribution is 2.16. The Hall–Kier alpha value is -1.37. The third kappa shape index (κ3) is 4.63. The molecule has 1 atom stereocenters. The summed E-state index contributed by atoms with van der Waals surface area (Å²) in [6, 6.07) is 10.7. The lowest BCUT2D eigenvalue weighted by molar-refractivity contribution is 0.159. The zero-order valence-electron chi connectivity index (χ0n) is 12.4. The van der Waals surface area contributed by atoms with Crippen LogP contribution in [0.1, 0.15) is 43.7 Å². The van der Waals surface area contributed by atoms with Crippen LogP contribution in [-0.4, -0.2) is 30.6 Å². The Morgan fingerprint density at radius 3 is 2.80 bits per heavy atom. The van der Waals surface area contributed by atoms with Gasteiger partial charge in [-0.25, -0.2) is 0 Å². The van der Waals surface area contributed by atoms with E-state index in [0.29, 0.717) is 0 Å². The number of piperidine rings is 1. The van der Waals surface area contributed by atoms with Crippen molar-refractivity contribution in [2.24, 2.45) is 0 Å². The minimum absolute atomic E-state index is 0.729. The Balaban J connectivity index is 1.60. The quantitative estimate of drug-likeness (QED) is 0.809. The first-order valence-electron chi connectivity index (χ1n) is 7.73. The average molecular weight is 271 g/mol. The van der Waals surface area contributed by atoms with Gasteiger partial charge in [0.25, 0.3) is 0 Å². The van der Waals surface area contributed by atoms with Gasteiger partial charge in [0.2, 0.25) is 0 Å². The fourth-order valence-electron chi connectivity index (χ4n) is 2.83. The summed E-state index contributed by atoms with van der Waals surface area (Å²) in [4.78, 5) is 2.62. The van der Waals surface area contributed by atoms with Crippen molar-refractivity contribution in [3.63, 3.8) is 0 Å². The SMILES string of the molecule is CC1CCCCN1CCCNCc1ccc(C#N)cc1. The van der Waals surface area contributed by atoms with Crippen molar-refractivity contribution in [1.29, 1.82) is 5.26 Å². The van der Waals surface area contributed by atoms with Gasteiger partial charge in [-0.05, 0) is 63.5 Å². The average Bonchev–Trinajstić information content (AvgIpc) is 2.49. The Bertz CT molecular complexity index is 433. The summed E-state index contributed by atoms with van der Waals surface area (Å²) >= 11 is 0. The molecule has 3 heteroatoms. The standard InChI is InChI=1S/C17H25N3/c1-15-5-2-3-11-20(15)12-4-10-19-14-17-8-6-16(13-18)7-9-17/h6-9,15,19H,2-5,10-12,14H2,1H3. The molecule has 1 N–H and O–H groups in total. The molecule has 0 amide bonds. The first kappa shape index (κ1) is 15.0. The Morgan fingerprint density at radius 2 is 2.10 bits per heavy atom. The Morgan fingerprint density at radius 1 is 1.30 bits per heavy atom. The summed E-state index contributed by atoms with van der Waals surface area (Å²) < 4.78 is 0. The topological polar surface area (TPSA) is 39.1 Å². The van der Waals surface area contributed by atoms with Crippen LogP contribution in [-0.2, 0) is 6.54 Å². The second kappa shape index (κ2) is 8.04. The summed E-state index contributed by atoms with van der Waals surface area (Å²) in [5.74, 6) is 0. The van der Waals surface area contributed by atoms with E-state index in [9.17, 15) is 0 Å². The van der Waals surface area contributed by atoms with E-state index in [4.69, 9.17) is 5.26 Å². The molecule has 20 heavy (non-hydrogen) atoms. The van der Waals surface area contributed by atoms with E-state index < -0.39 is 0 Å². The molecule has 1 unspecified atom stereocenters. The third-order valence-electron chi connectivity index (χ3n) is 4.15. The van der Waals surface area contributed by atoms with Gasteiger partial charge in [0.1, 0.15) is 0 Å². The van der Waals surface area contributed by atoms with E-state index in [1.165, 1.54) is 44.3 Å². The van der Waals surface area contributed by atoms with E-state index in [1.54, 1.807) is 0 Å². The van der Waals surface area contributed by atoms with Crippen molar-refractivity contribution < 1.29 is 0 Å². The van der Waals surface area contributed by atoms with Gasteiger partial charge in [0, 0.05) is 12.6 Å². The highest BCUT2D eigenvalue weighted by atomic mass is 15.2. The maximum atomic E-state index is 8.75. The molecule has 1 aliphatic heterocycles. The summed E-state index contributed by atoms with van der Waals surface area (Å²) in [7, 11) is 0. The molecule has 3 nitrogen and oxygen atoms in total. The monoisotopic (exact) mass is 271 g/mol. The van der Waals surface area contributed by atoms with Crippen LogP contribution < -0.4 is 5.32 Å². The predicted octanol–water partition coefficient (Wildman–Crippen LogP) is 2.91. The van der Waals surface area contributed by atoms with Gasteiger partial charge in [-0.15, -0.1) is 0 Å². The molecule has 0 bridgehead atoms. The van der Waals surface area contributed by atoms with Crippen molar-refractivity contribution in [2.75, 3.05) is 19.6 Å². The fourth-order valence-corrected chi connectivity index (χ4v) is 2.83. The van der Waals surface area contributed by atoms with Crippen LogP contribution in [0.3, 0.4) is 0 Å². The minimum atomic E-state index is 0.729.